The van der Waals surface area contributed by atoms with E-state index in [4.69, 9.17) is 5.73 Å². The van der Waals surface area contributed by atoms with Crippen molar-refractivity contribution in [3.8, 4) is 0 Å². The molecule has 3 aromatic carbocycles. The van der Waals surface area contributed by atoms with Crippen molar-refractivity contribution < 1.29 is 9.59 Å². The number of rotatable bonds is 9. The monoisotopic (exact) mass is 571 g/mol. The minimum absolute atomic E-state index is 0. The van der Waals surface area contributed by atoms with E-state index < -0.39 is 5.91 Å². The molecule has 0 fully saturated rings. The molecule has 0 aliphatic rings. The number of carbonyl (C=O) groups excluding carboxylic acids is 2. The highest BCUT2D eigenvalue weighted by Gasteiger charge is 2.14. The van der Waals surface area contributed by atoms with Gasteiger partial charge in [-0.3, -0.25) is 14.6 Å². The van der Waals surface area contributed by atoms with E-state index in [9.17, 15) is 9.59 Å². The average Bonchev–Trinajstić information content (AvgIpc) is 2.86. The van der Waals surface area contributed by atoms with Crippen LogP contribution in [0.15, 0.2) is 89.9 Å². The number of nitrogens with zero attached hydrogens (tertiary/aromatic N) is 1. The minimum atomic E-state index is -0.579. The third kappa shape index (κ3) is 8.18. The molecule has 0 aromatic heterocycles. The maximum atomic E-state index is 12.0. The fourth-order valence-corrected chi connectivity index (χ4v) is 3.45. The van der Waals surface area contributed by atoms with Crippen molar-refractivity contribution >= 4 is 41.8 Å². The number of aliphatic imine (C=N–C) groups is 1. The predicted molar refractivity (Wildman–Crippen MR) is 146 cm³/mol. The van der Waals surface area contributed by atoms with Gasteiger partial charge in [-0.1, -0.05) is 72.8 Å². The summed E-state index contributed by atoms with van der Waals surface area (Å²) in [6, 6.07) is 27.9. The number of halogens is 1. The number of nitrogens with one attached hydrogen (secondary N) is 3. The zero-order chi connectivity index (χ0) is 23.5. The number of benzene rings is 3. The van der Waals surface area contributed by atoms with Gasteiger partial charge in [0.05, 0.1) is 6.54 Å². The number of primary amides is 1. The van der Waals surface area contributed by atoms with E-state index in [2.05, 4.69) is 69.5 Å². The second-order valence-electron chi connectivity index (χ2n) is 7.53. The van der Waals surface area contributed by atoms with Gasteiger partial charge in [-0.05, 0) is 28.8 Å². The van der Waals surface area contributed by atoms with Crippen molar-refractivity contribution in [2.45, 2.75) is 12.5 Å². The fraction of sp³-hybridized carbons (Fsp3) is 0.192. The third-order valence-electron chi connectivity index (χ3n) is 5.20. The quantitative estimate of drug-likeness (QED) is 0.180. The Labute approximate surface area is 217 Å². The zero-order valence-corrected chi connectivity index (χ0v) is 21.4. The van der Waals surface area contributed by atoms with Gasteiger partial charge >= 0.3 is 0 Å². The van der Waals surface area contributed by atoms with Crippen LogP contribution in [0.5, 0.6) is 0 Å². The first-order chi connectivity index (χ1) is 16.1. The lowest BCUT2D eigenvalue weighted by Crippen LogP contribution is -2.39. The van der Waals surface area contributed by atoms with Crippen molar-refractivity contribution in [2.75, 3.05) is 20.1 Å². The van der Waals surface area contributed by atoms with Gasteiger partial charge in [0.1, 0.15) is 0 Å². The van der Waals surface area contributed by atoms with Gasteiger partial charge in [0.25, 0.3) is 5.91 Å². The normalized spacial score (nSPS) is 10.8. The molecule has 7 nitrogen and oxygen atoms in total. The summed E-state index contributed by atoms with van der Waals surface area (Å²) in [5.74, 6) is -0.0391. The van der Waals surface area contributed by atoms with Crippen LogP contribution in [0.2, 0.25) is 0 Å². The van der Waals surface area contributed by atoms with Crippen molar-refractivity contribution in [1.82, 2.24) is 16.0 Å². The van der Waals surface area contributed by atoms with Crippen molar-refractivity contribution in [3.05, 3.63) is 107 Å². The van der Waals surface area contributed by atoms with Crippen LogP contribution >= 0.6 is 24.0 Å². The summed E-state index contributed by atoms with van der Waals surface area (Å²) >= 11 is 0. The lowest BCUT2D eigenvalue weighted by atomic mass is 9.91. The van der Waals surface area contributed by atoms with Crippen molar-refractivity contribution in [3.63, 3.8) is 0 Å². The van der Waals surface area contributed by atoms with Crippen LogP contribution in [0.25, 0.3) is 0 Å². The Morgan fingerprint density at radius 1 is 0.824 bits per heavy atom. The second kappa shape index (κ2) is 14.0. The second-order valence-corrected chi connectivity index (χ2v) is 7.53. The number of guanidine groups is 1. The molecule has 0 aliphatic heterocycles. The van der Waals surface area contributed by atoms with Crippen LogP contribution in [-0.2, 0) is 11.3 Å². The number of amides is 2. The third-order valence-corrected chi connectivity index (χ3v) is 5.20. The summed E-state index contributed by atoms with van der Waals surface area (Å²) in [4.78, 5) is 27.1. The SMILES string of the molecule is CN=C(NCc1ccc(C(=O)NCC(N)=O)cc1)NCC(c1ccccc1)c1ccccc1.I. The first-order valence-electron chi connectivity index (χ1n) is 10.8. The van der Waals surface area contributed by atoms with Gasteiger partial charge in [0.15, 0.2) is 5.96 Å². The molecule has 0 atom stereocenters. The molecule has 2 amide bonds. The van der Waals surface area contributed by atoms with Gasteiger partial charge < -0.3 is 21.7 Å². The van der Waals surface area contributed by atoms with E-state index in [1.807, 2.05) is 24.3 Å². The molecular formula is C26H30IN5O2. The molecule has 0 spiro atoms. The van der Waals surface area contributed by atoms with E-state index in [0.29, 0.717) is 24.6 Å². The molecule has 178 valence electrons. The fourth-order valence-electron chi connectivity index (χ4n) is 3.45. The average molecular weight is 571 g/mol. The Morgan fingerprint density at radius 3 is 1.88 bits per heavy atom. The number of carbonyl (C=O) groups is 2. The molecular weight excluding hydrogens is 541 g/mol. The Balaban J connectivity index is 0.00000408. The van der Waals surface area contributed by atoms with Gasteiger partial charge in [0.2, 0.25) is 5.91 Å². The summed E-state index contributed by atoms with van der Waals surface area (Å²) in [6.45, 7) is 1.05. The van der Waals surface area contributed by atoms with Crippen LogP contribution < -0.4 is 21.7 Å². The van der Waals surface area contributed by atoms with E-state index >= 15 is 0 Å². The molecule has 8 heteroatoms. The maximum Gasteiger partial charge on any atom is 0.251 e. The lowest BCUT2D eigenvalue weighted by molar-refractivity contribution is -0.117. The molecule has 0 bridgehead atoms. The largest absolute Gasteiger partial charge is 0.368 e. The summed E-state index contributed by atoms with van der Waals surface area (Å²) in [5, 5.41) is 9.21. The molecule has 3 aromatic rings. The first-order valence-corrected chi connectivity index (χ1v) is 10.8. The smallest absolute Gasteiger partial charge is 0.251 e. The van der Waals surface area contributed by atoms with Gasteiger partial charge in [-0.15, -0.1) is 24.0 Å². The Kier molecular flexibility index (Phi) is 11.0. The topological polar surface area (TPSA) is 109 Å². The highest BCUT2D eigenvalue weighted by atomic mass is 127. The molecule has 0 unspecified atom stereocenters. The standard InChI is InChI=1S/C26H29N5O2.HI/c1-28-26(30-16-19-12-14-22(15-13-19)25(33)29-18-24(27)32)31-17-23(20-8-4-2-5-9-20)21-10-6-3-7-11-21;/h2-15,23H,16-18H2,1H3,(H2,27,32)(H,29,33)(H2,28,30,31);1H. The van der Waals surface area contributed by atoms with E-state index in [0.717, 1.165) is 5.56 Å². The van der Waals surface area contributed by atoms with Gasteiger partial charge in [-0.2, -0.15) is 0 Å². The number of hydrogen-bond donors (Lipinski definition) is 4. The molecule has 0 radical (unpaired) electrons. The zero-order valence-electron chi connectivity index (χ0n) is 19.0. The van der Waals surface area contributed by atoms with E-state index in [-0.39, 0.29) is 42.3 Å². The molecule has 5 N–H and O–H groups in total. The summed E-state index contributed by atoms with van der Waals surface area (Å²) in [7, 11) is 1.74. The van der Waals surface area contributed by atoms with Crippen LogP contribution in [-0.4, -0.2) is 37.9 Å². The van der Waals surface area contributed by atoms with Crippen LogP contribution in [0.1, 0.15) is 33.0 Å². The van der Waals surface area contributed by atoms with Crippen LogP contribution in [0.4, 0.5) is 0 Å². The van der Waals surface area contributed by atoms with Gasteiger partial charge in [0, 0.05) is 31.6 Å². The summed E-state index contributed by atoms with van der Waals surface area (Å²) in [6.07, 6.45) is 0. The van der Waals surface area contributed by atoms with E-state index in [1.54, 1.807) is 19.2 Å². The molecule has 0 saturated heterocycles. The summed E-state index contributed by atoms with van der Waals surface area (Å²) < 4.78 is 0. The molecule has 3 rings (SSSR count). The number of nitrogens with two attached hydrogens (primary N) is 1. The highest BCUT2D eigenvalue weighted by Crippen LogP contribution is 2.23. The lowest BCUT2D eigenvalue weighted by Gasteiger charge is -2.20. The maximum absolute atomic E-state index is 12.0. The molecule has 0 saturated carbocycles. The molecule has 0 heterocycles. The Morgan fingerprint density at radius 2 is 1.38 bits per heavy atom. The Hall–Kier alpha value is -3.40. The van der Waals surface area contributed by atoms with Crippen LogP contribution in [0, 0.1) is 0 Å². The molecule has 0 aliphatic carbocycles. The Bertz CT molecular complexity index is 1030. The summed E-state index contributed by atoms with van der Waals surface area (Å²) in [5.41, 5.74) is 8.98. The van der Waals surface area contributed by atoms with Gasteiger partial charge in [-0.25, -0.2) is 0 Å². The minimum Gasteiger partial charge on any atom is -0.368 e. The van der Waals surface area contributed by atoms with Crippen molar-refractivity contribution in [2.24, 2.45) is 10.7 Å². The first kappa shape index (κ1) is 26.8. The number of hydrogen-bond acceptors (Lipinski definition) is 3. The predicted octanol–water partition coefficient (Wildman–Crippen LogP) is 3.02. The van der Waals surface area contributed by atoms with E-state index in [1.165, 1.54) is 11.1 Å². The highest BCUT2D eigenvalue weighted by molar-refractivity contribution is 14.0. The molecule has 34 heavy (non-hydrogen) atoms. The van der Waals surface area contributed by atoms with Crippen LogP contribution in [0.3, 0.4) is 0 Å². The van der Waals surface area contributed by atoms with Crippen molar-refractivity contribution in [1.29, 1.82) is 0 Å².